The van der Waals surface area contributed by atoms with Crippen LogP contribution in [0.25, 0.3) is 0 Å². The molecule has 2 aromatic rings. The highest BCUT2D eigenvalue weighted by Crippen LogP contribution is 2.25. The van der Waals surface area contributed by atoms with Crippen molar-refractivity contribution < 1.29 is 27.5 Å². The molecule has 1 saturated heterocycles. The first-order chi connectivity index (χ1) is 15.3. The lowest BCUT2D eigenvalue weighted by Crippen LogP contribution is -2.40. The Morgan fingerprint density at radius 2 is 1.72 bits per heavy atom. The van der Waals surface area contributed by atoms with Crippen LogP contribution in [0, 0.1) is 12.8 Å². The predicted molar refractivity (Wildman–Crippen MR) is 120 cm³/mol. The van der Waals surface area contributed by atoms with E-state index in [2.05, 4.69) is 5.32 Å². The topological polar surface area (TPSA) is 102 Å². The molecule has 3 rings (SSSR count). The second-order valence-corrected chi connectivity index (χ2v) is 9.51. The number of piperidine rings is 1. The van der Waals surface area contributed by atoms with Gasteiger partial charge in [-0.2, -0.15) is 4.31 Å². The molecule has 0 unspecified atom stereocenters. The van der Waals surface area contributed by atoms with Gasteiger partial charge in [-0.25, -0.2) is 8.42 Å². The van der Waals surface area contributed by atoms with Crippen LogP contribution in [0.2, 0.25) is 0 Å². The average Bonchev–Trinajstić information content (AvgIpc) is 2.79. The zero-order valence-electron chi connectivity index (χ0n) is 18.2. The van der Waals surface area contributed by atoms with Crippen LogP contribution in [0.15, 0.2) is 53.4 Å². The number of carbonyl (C=O) groups is 2. The predicted octanol–water partition coefficient (Wildman–Crippen LogP) is 2.98. The van der Waals surface area contributed by atoms with E-state index in [0.29, 0.717) is 30.9 Å². The summed E-state index contributed by atoms with van der Waals surface area (Å²) in [5.74, 6) is -0.865. The first-order valence-corrected chi connectivity index (χ1v) is 12.0. The molecule has 0 radical (unpaired) electrons. The Morgan fingerprint density at radius 1 is 1.06 bits per heavy atom. The Balaban J connectivity index is 1.48. The standard InChI is InChI=1S/C23H28N2O6S/c1-3-30-21-7-5-4-6-20(21)24-22(26)16-31-23(27)18-12-14-25(15-13-18)32(28,29)19-10-8-17(2)9-11-19/h4-11,18H,3,12-16H2,1-2H3,(H,24,26). The summed E-state index contributed by atoms with van der Waals surface area (Å²) in [6.07, 6.45) is 0.692. The number of hydrogen-bond donors (Lipinski definition) is 1. The molecule has 0 bridgehead atoms. The summed E-state index contributed by atoms with van der Waals surface area (Å²) in [7, 11) is -3.59. The Kier molecular flexibility index (Phi) is 7.87. The lowest BCUT2D eigenvalue weighted by Gasteiger charge is -2.30. The molecule has 1 aliphatic rings. The van der Waals surface area contributed by atoms with Crippen LogP contribution in [0.5, 0.6) is 5.75 Å². The molecule has 1 N–H and O–H groups in total. The second kappa shape index (κ2) is 10.6. The number of sulfonamides is 1. The van der Waals surface area contributed by atoms with Crippen LogP contribution in [-0.2, 0) is 24.3 Å². The van der Waals surface area contributed by atoms with E-state index >= 15 is 0 Å². The average molecular weight is 461 g/mol. The molecule has 1 aliphatic heterocycles. The zero-order chi connectivity index (χ0) is 23.1. The number of nitrogens with zero attached hydrogens (tertiary/aromatic N) is 1. The maximum atomic E-state index is 12.8. The van der Waals surface area contributed by atoms with Gasteiger partial charge in [0.15, 0.2) is 6.61 Å². The van der Waals surface area contributed by atoms with Crippen molar-refractivity contribution in [2.24, 2.45) is 5.92 Å². The number of esters is 1. The molecule has 0 aliphatic carbocycles. The lowest BCUT2D eigenvalue weighted by atomic mass is 9.98. The maximum absolute atomic E-state index is 12.8. The number of rotatable bonds is 8. The van der Waals surface area contributed by atoms with E-state index in [1.165, 1.54) is 4.31 Å². The number of hydrogen-bond acceptors (Lipinski definition) is 6. The molecule has 1 heterocycles. The highest BCUT2D eigenvalue weighted by Gasteiger charge is 2.33. The fraction of sp³-hybridized carbons (Fsp3) is 0.391. The van der Waals surface area contributed by atoms with Gasteiger partial charge >= 0.3 is 5.97 Å². The molecule has 1 fully saturated rings. The molecule has 9 heteroatoms. The summed E-state index contributed by atoms with van der Waals surface area (Å²) in [5, 5.41) is 2.67. The van der Waals surface area contributed by atoms with Crippen LogP contribution in [0.4, 0.5) is 5.69 Å². The normalized spacial score (nSPS) is 15.2. The molecule has 0 saturated carbocycles. The molecule has 0 atom stereocenters. The largest absolute Gasteiger partial charge is 0.492 e. The number of aryl methyl sites for hydroxylation is 1. The van der Waals surface area contributed by atoms with Crippen molar-refractivity contribution in [3.63, 3.8) is 0 Å². The number of carbonyl (C=O) groups excluding carboxylic acids is 2. The molecule has 0 spiro atoms. The van der Waals surface area contributed by atoms with Gasteiger partial charge in [0, 0.05) is 13.1 Å². The third-order valence-electron chi connectivity index (χ3n) is 5.25. The lowest BCUT2D eigenvalue weighted by molar-refractivity contribution is -0.152. The smallest absolute Gasteiger partial charge is 0.309 e. The molecule has 0 aromatic heterocycles. The fourth-order valence-corrected chi connectivity index (χ4v) is 4.95. The summed E-state index contributed by atoms with van der Waals surface area (Å²) in [4.78, 5) is 24.8. The highest BCUT2D eigenvalue weighted by molar-refractivity contribution is 7.89. The quantitative estimate of drug-likeness (QED) is 0.608. The molecule has 32 heavy (non-hydrogen) atoms. The Labute approximate surface area is 188 Å². The number of para-hydroxylation sites is 2. The Morgan fingerprint density at radius 3 is 2.38 bits per heavy atom. The van der Waals surface area contributed by atoms with E-state index in [4.69, 9.17) is 9.47 Å². The van der Waals surface area contributed by atoms with E-state index in [9.17, 15) is 18.0 Å². The van der Waals surface area contributed by atoms with Crippen LogP contribution in [-0.4, -0.2) is 50.9 Å². The maximum Gasteiger partial charge on any atom is 0.309 e. The summed E-state index contributed by atoms with van der Waals surface area (Å²) < 4.78 is 37.6. The molecule has 2 aromatic carbocycles. The third kappa shape index (κ3) is 5.86. The number of ether oxygens (including phenoxy) is 2. The van der Waals surface area contributed by atoms with Crippen molar-refractivity contribution in [3.8, 4) is 5.75 Å². The van der Waals surface area contributed by atoms with Crippen molar-refractivity contribution in [1.29, 1.82) is 0 Å². The number of amides is 1. The van der Waals surface area contributed by atoms with Crippen molar-refractivity contribution in [2.45, 2.75) is 31.6 Å². The number of nitrogens with one attached hydrogen (secondary N) is 1. The highest BCUT2D eigenvalue weighted by atomic mass is 32.2. The number of anilines is 1. The van der Waals surface area contributed by atoms with E-state index in [0.717, 1.165) is 5.56 Å². The second-order valence-electron chi connectivity index (χ2n) is 7.58. The van der Waals surface area contributed by atoms with Crippen LogP contribution < -0.4 is 10.1 Å². The van der Waals surface area contributed by atoms with E-state index < -0.39 is 34.4 Å². The molecule has 1 amide bonds. The fourth-order valence-electron chi connectivity index (χ4n) is 3.48. The van der Waals surface area contributed by atoms with Crippen molar-refractivity contribution in [2.75, 3.05) is 31.6 Å². The first-order valence-electron chi connectivity index (χ1n) is 10.6. The Bertz CT molecular complexity index is 1040. The zero-order valence-corrected chi connectivity index (χ0v) is 19.1. The van der Waals surface area contributed by atoms with Crippen LogP contribution in [0.3, 0.4) is 0 Å². The SMILES string of the molecule is CCOc1ccccc1NC(=O)COC(=O)C1CCN(S(=O)(=O)c2ccc(C)cc2)CC1. The van der Waals surface area contributed by atoms with Gasteiger partial charge in [0.2, 0.25) is 10.0 Å². The summed E-state index contributed by atoms with van der Waals surface area (Å²) in [6, 6.07) is 13.7. The minimum Gasteiger partial charge on any atom is -0.492 e. The van der Waals surface area contributed by atoms with Crippen LogP contribution >= 0.6 is 0 Å². The van der Waals surface area contributed by atoms with Gasteiger partial charge in [-0.15, -0.1) is 0 Å². The van der Waals surface area contributed by atoms with Gasteiger partial charge in [-0.1, -0.05) is 29.8 Å². The van der Waals surface area contributed by atoms with E-state index in [-0.39, 0.29) is 18.0 Å². The van der Waals surface area contributed by atoms with E-state index in [1.807, 2.05) is 13.8 Å². The summed E-state index contributed by atoms with van der Waals surface area (Å²) in [5.41, 5.74) is 1.49. The van der Waals surface area contributed by atoms with Gasteiger partial charge in [0.05, 0.1) is 23.1 Å². The first kappa shape index (κ1) is 23.7. The van der Waals surface area contributed by atoms with E-state index in [1.54, 1.807) is 48.5 Å². The van der Waals surface area contributed by atoms with Crippen LogP contribution in [0.1, 0.15) is 25.3 Å². The third-order valence-corrected chi connectivity index (χ3v) is 7.17. The van der Waals surface area contributed by atoms with Gasteiger partial charge < -0.3 is 14.8 Å². The molecular formula is C23H28N2O6S. The van der Waals surface area contributed by atoms with Gasteiger partial charge in [-0.05, 0) is 51.0 Å². The molecular weight excluding hydrogens is 432 g/mol. The molecule has 8 nitrogen and oxygen atoms in total. The Hall–Kier alpha value is -2.91. The monoisotopic (exact) mass is 460 g/mol. The number of benzene rings is 2. The minimum absolute atomic E-state index is 0.226. The summed E-state index contributed by atoms with van der Waals surface area (Å²) in [6.45, 7) is 4.23. The summed E-state index contributed by atoms with van der Waals surface area (Å²) >= 11 is 0. The van der Waals surface area contributed by atoms with Gasteiger partial charge in [-0.3, -0.25) is 9.59 Å². The van der Waals surface area contributed by atoms with Crippen molar-refractivity contribution >= 4 is 27.6 Å². The van der Waals surface area contributed by atoms with Gasteiger partial charge in [0.1, 0.15) is 5.75 Å². The molecule has 172 valence electrons. The van der Waals surface area contributed by atoms with Gasteiger partial charge in [0.25, 0.3) is 5.91 Å². The van der Waals surface area contributed by atoms with Crippen molar-refractivity contribution in [3.05, 3.63) is 54.1 Å². The minimum atomic E-state index is -3.59. The van der Waals surface area contributed by atoms with Crippen molar-refractivity contribution in [1.82, 2.24) is 4.31 Å².